The largest absolute Gasteiger partial charge is 0.497 e. The van der Waals surface area contributed by atoms with E-state index in [1.165, 1.54) is 6.21 Å². The van der Waals surface area contributed by atoms with E-state index in [1.807, 2.05) is 6.92 Å². The third-order valence-corrected chi connectivity index (χ3v) is 2.83. The van der Waals surface area contributed by atoms with Gasteiger partial charge in [0.15, 0.2) is 11.7 Å². The molecule has 0 radical (unpaired) electrons. The summed E-state index contributed by atoms with van der Waals surface area (Å²) in [7, 11) is 1.58. The lowest BCUT2D eigenvalue weighted by Gasteiger charge is -2.09. The first-order valence-electron chi connectivity index (χ1n) is 7.00. The van der Waals surface area contributed by atoms with Crippen molar-refractivity contribution in [1.29, 1.82) is 0 Å². The summed E-state index contributed by atoms with van der Waals surface area (Å²) in [4.78, 5) is 28.0. The fourth-order valence-electron chi connectivity index (χ4n) is 1.74. The number of aliphatic imine (C=N–C) groups is 1. The average Bonchev–Trinajstić information content (AvgIpc) is 2.48. The number of nitrogens with zero attached hydrogens (tertiary/aromatic N) is 1. The highest BCUT2D eigenvalue weighted by Crippen LogP contribution is 2.18. The number of methoxy groups -OCH3 is 1. The molecule has 1 unspecified atom stereocenters. The van der Waals surface area contributed by atoms with Crippen molar-refractivity contribution < 1.29 is 19.1 Å². The van der Waals surface area contributed by atoms with Gasteiger partial charge in [-0.1, -0.05) is 6.92 Å². The van der Waals surface area contributed by atoms with Gasteiger partial charge in [0.05, 0.1) is 19.4 Å². The molecule has 0 spiro atoms. The fraction of sp³-hybridized carbons (Fsp3) is 0.438. The van der Waals surface area contributed by atoms with Crippen LogP contribution in [0.4, 0.5) is 5.69 Å². The van der Waals surface area contributed by atoms with E-state index in [0.717, 1.165) is 5.75 Å². The predicted molar refractivity (Wildman–Crippen MR) is 81.2 cm³/mol. The Bertz CT molecular complexity index is 476. The summed E-state index contributed by atoms with van der Waals surface area (Å²) < 4.78 is 9.98. The standard InChI is InChI=1S/C16H21NO4/c1-4-6-15(18)14(16(19)21-5-2)11-17-12-7-9-13(20-3)10-8-12/h7-11,14H,4-6H2,1-3H3. The average molecular weight is 291 g/mol. The molecule has 0 saturated heterocycles. The molecule has 0 saturated carbocycles. The van der Waals surface area contributed by atoms with Gasteiger partial charge >= 0.3 is 5.97 Å². The minimum atomic E-state index is -0.938. The van der Waals surface area contributed by atoms with Gasteiger partial charge in [-0.3, -0.25) is 14.6 Å². The second kappa shape index (κ2) is 8.89. The molecule has 0 amide bonds. The van der Waals surface area contributed by atoms with E-state index in [9.17, 15) is 9.59 Å². The third kappa shape index (κ3) is 5.38. The van der Waals surface area contributed by atoms with Crippen molar-refractivity contribution in [3.05, 3.63) is 24.3 Å². The number of hydrogen-bond donors (Lipinski definition) is 0. The van der Waals surface area contributed by atoms with Gasteiger partial charge in [0.2, 0.25) is 0 Å². The molecule has 1 atom stereocenters. The van der Waals surface area contributed by atoms with E-state index in [1.54, 1.807) is 38.3 Å². The van der Waals surface area contributed by atoms with Crippen molar-refractivity contribution >= 4 is 23.7 Å². The maximum absolute atomic E-state index is 12.0. The highest BCUT2D eigenvalue weighted by molar-refractivity contribution is 6.12. The zero-order valence-electron chi connectivity index (χ0n) is 12.7. The van der Waals surface area contributed by atoms with Crippen molar-refractivity contribution in [3.8, 4) is 5.75 Å². The Labute approximate surface area is 125 Å². The Kier molecular flexibility index (Phi) is 7.15. The molecule has 0 N–H and O–H groups in total. The van der Waals surface area contributed by atoms with E-state index >= 15 is 0 Å². The minimum absolute atomic E-state index is 0.173. The lowest BCUT2D eigenvalue weighted by Crippen LogP contribution is -2.27. The van der Waals surface area contributed by atoms with Crippen molar-refractivity contribution in [2.75, 3.05) is 13.7 Å². The molecule has 0 fully saturated rings. The molecule has 114 valence electrons. The van der Waals surface area contributed by atoms with Gasteiger partial charge < -0.3 is 9.47 Å². The van der Waals surface area contributed by atoms with Gasteiger partial charge in [-0.2, -0.15) is 0 Å². The predicted octanol–water partition coefficient (Wildman–Crippen LogP) is 2.95. The summed E-state index contributed by atoms with van der Waals surface area (Å²) in [5.74, 6) is -0.939. The summed E-state index contributed by atoms with van der Waals surface area (Å²) in [5, 5.41) is 0. The quantitative estimate of drug-likeness (QED) is 0.419. The van der Waals surface area contributed by atoms with Gasteiger partial charge in [-0.15, -0.1) is 0 Å². The fourth-order valence-corrected chi connectivity index (χ4v) is 1.74. The lowest BCUT2D eigenvalue weighted by molar-refractivity contribution is -0.148. The number of carbonyl (C=O) groups excluding carboxylic acids is 2. The number of esters is 1. The van der Waals surface area contributed by atoms with Gasteiger partial charge in [0, 0.05) is 12.6 Å². The summed E-state index contributed by atoms with van der Waals surface area (Å²) in [6.45, 7) is 3.84. The molecule has 0 aliphatic rings. The molecule has 0 heterocycles. The lowest BCUT2D eigenvalue weighted by atomic mass is 10.0. The van der Waals surface area contributed by atoms with Crippen LogP contribution < -0.4 is 4.74 Å². The first kappa shape index (κ1) is 16.9. The summed E-state index contributed by atoms with van der Waals surface area (Å²) >= 11 is 0. The molecular formula is C16H21NO4. The molecule has 0 bridgehead atoms. The van der Waals surface area contributed by atoms with E-state index in [2.05, 4.69) is 4.99 Å². The maximum Gasteiger partial charge on any atom is 0.321 e. The number of Topliss-reactive ketones (excluding diaryl/α,β-unsaturated/α-hetero) is 1. The highest BCUT2D eigenvalue weighted by atomic mass is 16.5. The first-order chi connectivity index (χ1) is 10.1. The van der Waals surface area contributed by atoms with Gasteiger partial charge in [-0.25, -0.2) is 0 Å². The molecule has 5 heteroatoms. The molecular weight excluding hydrogens is 270 g/mol. The van der Waals surface area contributed by atoms with Crippen LogP contribution in [0.2, 0.25) is 0 Å². The van der Waals surface area contributed by atoms with Crippen molar-refractivity contribution in [2.45, 2.75) is 26.7 Å². The number of hydrogen-bond acceptors (Lipinski definition) is 5. The van der Waals surface area contributed by atoms with Crippen LogP contribution in [-0.4, -0.2) is 31.7 Å². The van der Waals surface area contributed by atoms with Crippen molar-refractivity contribution in [2.24, 2.45) is 10.9 Å². The zero-order valence-corrected chi connectivity index (χ0v) is 12.7. The van der Waals surface area contributed by atoms with Crippen LogP contribution in [0.5, 0.6) is 5.75 Å². The number of ether oxygens (including phenoxy) is 2. The monoisotopic (exact) mass is 291 g/mol. The van der Waals surface area contributed by atoms with E-state index in [-0.39, 0.29) is 12.4 Å². The molecule has 1 aromatic carbocycles. The molecule has 0 aromatic heterocycles. The maximum atomic E-state index is 12.0. The molecule has 0 aliphatic carbocycles. The number of benzene rings is 1. The zero-order chi connectivity index (χ0) is 15.7. The topological polar surface area (TPSA) is 65.0 Å². The Balaban J connectivity index is 2.85. The van der Waals surface area contributed by atoms with Crippen LogP contribution in [0.1, 0.15) is 26.7 Å². The minimum Gasteiger partial charge on any atom is -0.497 e. The third-order valence-electron chi connectivity index (χ3n) is 2.83. The summed E-state index contributed by atoms with van der Waals surface area (Å²) in [6, 6.07) is 7.03. The second-order valence-electron chi connectivity index (χ2n) is 4.42. The number of carbonyl (C=O) groups is 2. The van der Waals surface area contributed by atoms with Crippen LogP contribution >= 0.6 is 0 Å². The molecule has 21 heavy (non-hydrogen) atoms. The Morgan fingerprint density at radius 2 is 1.90 bits per heavy atom. The van der Waals surface area contributed by atoms with E-state index in [4.69, 9.17) is 9.47 Å². The van der Waals surface area contributed by atoms with Crippen LogP contribution in [-0.2, 0) is 14.3 Å². The molecule has 0 aliphatic heterocycles. The van der Waals surface area contributed by atoms with E-state index in [0.29, 0.717) is 18.5 Å². The van der Waals surface area contributed by atoms with E-state index < -0.39 is 11.9 Å². The molecule has 1 aromatic rings. The van der Waals surface area contributed by atoms with Gasteiger partial charge in [0.25, 0.3) is 0 Å². The Hall–Kier alpha value is -2.17. The Morgan fingerprint density at radius 1 is 1.24 bits per heavy atom. The first-order valence-corrected chi connectivity index (χ1v) is 7.00. The van der Waals surface area contributed by atoms with Crippen LogP contribution in [0.15, 0.2) is 29.3 Å². The summed E-state index contributed by atoms with van der Waals surface area (Å²) in [5.41, 5.74) is 0.648. The van der Waals surface area contributed by atoms with Gasteiger partial charge in [0.1, 0.15) is 5.75 Å². The Morgan fingerprint density at radius 3 is 2.43 bits per heavy atom. The number of rotatable bonds is 8. The van der Waals surface area contributed by atoms with Gasteiger partial charge in [-0.05, 0) is 37.6 Å². The summed E-state index contributed by atoms with van der Waals surface area (Å²) in [6.07, 6.45) is 2.38. The van der Waals surface area contributed by atoms with Crippen molar-refractivity contribution in [1.82, 2.24) is 0 Å². The number of ketones is 1. The van der Waals surface area contributed by atoms with Crippen LogP contribution in [0.25, 0.3) is 0 Å². The smallest absolute Gasteiger partial charge is 0.321 e. The molecule has 1 rings (SSSR count). The second-order valence-corrected chi connectivity index (χ2v) is 4.42. The van der Waals surface area contributed by atoms with Crippen LogP contribution in [0, 0.1) is 5.92 Å². The van der Waals surface area contributed by atoms with Crippen molar-refractivity contribution in [3.63, 3.8) is 0 Å². The highest BCUT2D eigenvalue weighted by Gasteiger charge is 2.25. The van der Waals surface area contributed by atoms with Crippen LogP contribution in [0.3, 0.4) is 0 Å². The normalized spacial score (nSPS) is 12.1. The SMILES string of the molecule is CCCC(=O)C(C=Nc1ccc(OC)cc1)C(=O)OCC. The molecule has 5 nitrogen and oxygen atoms in total.